The van der Waals surface area contributed by atoms with Crippen LogP contribution in [-0.4, -0.2) is 33.0 Å². The van der Waals surface area contributed by atoms with Crippen LogP contribution in [0.25, 0.3) is 22.2 Å². The minimum absolute atomic E-state index is 0.185. The van der Waals surface area contributed by atoms with E-state index in [4.69, 9.17) is 11.6 Å². The van der Waals surface area contributed by atoms with Gasteiger partial charge in [-0.05, 0) is 18.1 Å². The van der Waals surface area contributed by atoms with Gasteiger partial charge in [0.1, 0.15) is 5.65 Å². The van der Waals surface area contributed by atoms with Gasteiger partial charge in [-0.25, -0.2) is 4.98 Å². The Bertz CT molecular complexity index is 1020. The largest absolute Gasteiger partial charge is 0.389 e. The van der Waals surface area contributed by atoms with Crippen molar-refractivity contribution in [1.82, 2.24) is 15.0 Å². The lowest BCUT2D eigenvalue weighted by molar-refractivity contribution is -0.143. The van der Waals surface area contributed by atoms with Crippen LogP contribution in [0.3, 0.4) is 0 Å². The highest BCUT2D eigenvalue weighted by molar-refractivity contribution is 6.31. The monoisotopic (exact) mass is 424 g/mol. The molecule has 3 aromatic heterocycles. The van der Waals surface area contributed by atoms with Crippen LogP contribution in [0.5, 0.6) is 0 Å². The summed E-state index contributed by atoms with van der Waals surface area (Å²) in [4.78, 5) is 23.8. The van der Waals surface area contributed by atoms with Crippen LogP contribution >= 0.6 is 11.6 Å². The van der Waals surface area contributed by atoms with Crippen LogP contribution < -0.4 is 5.32 Å². The number of nitrogens with one attached hydrogen (secondary N) is 2. The number of hydrogen-bond donors (Lipinski definition) is 2. The number of fused-ring (bicyclic) bond motifs is 1. The maximum atomic E-state index is 12.5. The first-order valence-corrected chi connectivity index (χ1v) is 9.46. The molecule has 0 amide bonds. The second-order valence-corrected chi connectivity index (χ2v) is 7.60. The standard InChI is InChI=1S/C20H20ClF3N4O/c1-11(2)18(17(29)3-4-20(22,23)24)28-14-5-12(7-25-9-14)16-10-27-19-15(16)6-13(21)8-26-19/h5-11,18,28H,3-4H2,1-2H3,(H,26,27)/t18-/m1/s1. The van der Waals surface area contributed by atoms with Crippen LogP contribution in [-0.2, 0) is 4.79 Å². The van der Waals surface area contributed by atoms with Crippen molar-refractivity contribution in [3.63, 3.8) is 0 Å². The number of Topliss-reactive ketones (excluding diaryl/α,β-unsaturated/α-hetero) is 1. The molecule has 0 aliphatic heterocycles. The number of hydrogen-bond acceptors (Lipinski definition) is 4. The molecule has 0 aliphatic carbocycles. The third-order valence-electron chi connectivity index (χ3n) is 4.54. The zero-order chi connectivity index (χ0) is 21.2. The van der Waals surface area contributed by atoms with Crippen molar-refractivity contribution in [2.24, 2.45) is 5.92 Å². The van der Waals surface area contributed by atoms with Gasteiger partial charge in [0, 0.05) is 47.7 Å². The van der Waals surface area contributed by atoms with Crippen molar-refractivity contribution in [1.29, 1.82) is 0 Å². The van der Waals surface area contributed by atoms with E-state index in [2.05, 4.69) is 20.3 Å². The number of carbonyl (C=O) groups is 1. The van der Waals surface area contributed by atoms with Gasteiger partial charge in [-0.2, -0.15) is 13.2 Å². The fourth-order valence-electron chi connectivity index (χ4n) is 3.10. The summed E-state index contributed by atoms with van der Waals surface area (Å²) in [6, 6.07) is 2.84. The SMILES string of the molecule is CC(C)[C@@H](Nc1cncc(-c2c[nH]c3ncc(Cl)cc23)c1)C(=O)CCC(F)(F)F. The molecule has 0 fully saturated rings. The number of aromatic nitrogens is 3. The summed E-state index contributed by atoms with van der Waals surface area (Å²) in [5.74, 6) is -0.665. The average molecular weight is 425 g/mol. The Balaban J connectivity index is 1.84. The van der Waals surface area contributed by atoms with Gasteiger partial charge < -0.3 is 10.3 Å². The summed E-state index contributed by atoms with van der Waals surface area (Å²) in [6.07, 6.45) is 0.477. The van der Waals surface area contributed by atoms with Gasteiger partial charge in [-0.3, -0.25) is 9.78 Å². The predicted molar refractivity (Wildman–Crippen MR) is 107 cm³/mol. The van der Waals surface area contributed by atoms with E-state index in [9.17, 15) is 18.0 Å². The number of alkyl halides is 3. The van der Waals surface area contributed by atoms with E-state index in [1.165, 1.54) is 6.20 Å². The van der Waals surface area contributed by atoms with E-state index >= 15 is 0 Å². The predicted octanol–water partition coefficient (Wildman–Crippen LogP) is 5.63. The molecule has 0 saturated heterocycles. The molecule has 0 radical (unpaired) electrons. The molecule has 0 aliphatic rings. The molecule has 154 valence electrons. The van der Waals surface area contributed by atoms with Gasteiger partial charge in [-0.1, -0.05) is 25.4 Å². The lowest BCUT2D eigenvalue weighted by Gasteiger charge is -2.22. The molecular formula is C20H20ClF3N4O. The Morgan fingerprint density at radius 1 is 1.24 bits per heavy atom. The highest BCUT2D eigenvalue weighted by atomic mass is 35.5. The van der Waals surface area contributed by atoms with Crippen LogP contribution in [0.4, 0.5) is 18.9 Å². The molecule has 1 atom stereocenters. The van der Waals surface area contributed by atoms with Gasteiger partial charge in [0.2, 0.25) is 0 Å². The maximum Gasteiger partial charge on any atom is 0.389 e. The smallest absolute Gasteiger partial charge is 0.374 e. The number of carbonyl (C=O) groups excluding carboxylic acids is 1. The van der Waals surface area contributed by atoms with E-state index in [0.29, 0.717) is 16.4 Å². The Hall–Kier alpha value is -2.61. The van der Waals surface area contributed by atoms with Gasteiger partial charge in [0.25, 0.3) is 0 Å². The Labute approximate surface area is 170 Å². The van der Waals surface area contributed by atoms with Crippen molar-refractivity contribution in [3.05, 3.63) is 41.9 Å². The molecule has 3 aromatic rings. The van der Waals surface area contributed by atoms with Crippen molar-refractivity contribution in [2.45, 2.75) is 38.9 Å². The van der Waals surface area contributed by atoms with Crippen LogP contribution in [0, 0.1) is 5.92 Å². The van der Waals surface area contributed by atoms with Crippen LogP contribution in [0.2, 0.25) is 5.02 Å². The Kier molecular flexibility index (Phi) is 6.12. The molecule has 0 unspecified atom stereocenters. The maximum absolute atomic E-state index is 12.5. The first-order chi connectivity index (χ1) is 13.6. The zero-order valence-electron chi connectivity index (χ0n) is 15.8. The summed E-state index contributed by atoms with van der Waals surface area (Å²) >= 11 is 6.04. The summed E-state index contributed by atoms with van der Waals surface area (Å²) in [5, 5.41) is 4.36. The highest BCUT2D eigenvalue weighted by Crippen LogP contribution is 2.31. The number of pyridine rings is 2. The number of halogens is 4. The van der Waals surface area contributed by atoms with Gasteiger partial charge >= 0.3 is 6.18 Å². The molecule has 0 saturated carbocycles. The second-order valence-electron chi connectivity index (χ2n) is 7.16. The van der Waals surface area contributed by atoms with Crippen molar-refractivity contribution in [3.8, 4) is 11.1 Å². The topological polar surface area (TPSA) is 70.7 Å². The van der Waals surface area contributed by atoms with Crippen molar-refractivity contribution < 1.29 is 18.0 Å². The highest BCUT2D eigenvalue weighted by Gasteiger charge is 2.31. The number of aromatic amines is 1. The molecule has 3 heterocycles. The number of H-pyrrole nitrogens is 1. The third kappa shape index (κ3) is 5.26. The van der Waals surface area contributed by atoms with Gasteiger partial charge in [0.05, 0.1) is 23.2 Å². The van der Waals surface area contributed by atoms with E-state index < -0.39 is 30.8 Å². The summed E-state index contributed by atoms with van der Waals surface area (Å²) < 4.78 is 37.4. The van der Waals surface area contributed by atoms with Crippen molar-refractivity contribution in [2.75, 3.05) is 5.32 Å². The minimum atomic E-state index is -4.36. The number of nitrogens with zero attached hydrogens (tertiary/aromatic N) is 2. The quantitative estimate of drug-likeness (QED) is 0.516. The second kappa shape index (κ2) is 8.41. The fourth-order valence-corrected chi connectivity index (χ4v) is 3.26. The molecule has 5 nitrogen and oxygen atoms in total. The lowest BCUT2D eigenvalue weighted by Crippen LogP contribution is -2.35. The third-order valence-corrected chi connectivity index (χ3v) is 4.74. The number of rotatable bonds is 7. The molecular weight excluding hydrogens is 405 g/mol. The van der Waals surface area contributed by atoms with Crippen LogP contribution in [0.15, 0.2) is 36.9 Å². The molecule has 0 bridgehead atoms. The first-order valence-electron chi connectivity index (χ1n) is 9.08. The normalized spacial score (nSPS) is 13.1. The lowest BCUT2D eigenvalue weighted by atomic mass is 9.96. The molecule has 29 heavy (non-hydrogen) atoms. The first kappa shape index (κ1) is 21.1. The molecule has 0 spiro atoms. The Morgan fingerprint density at radius 3 is 2.69 bits per heavy atom. The molecule has 0 aromatic carbocycles. The zero-order valence-corrected chi connectivity index (χ0v) is 16.6. The summed E-state index contributed by atoms with van der Waals surface area (Å²) in [6.45, 7) is 3.57. The van der Waals surface area contributed by atoms with Gasteiger partial charge in [-0.15, -0.1) is 0 Å². The average Bonchev–Trinajstić information content (AvgIpc) is 3.06. The summed E-state index contributed by atoms with van der Waals surface area (Å²) in [7, 11) is 0. The van der Waals surface area contributed by atoms with E-state index in [1.807, 2.05) is 0 Å². The number of ketones is 1. The fraction of sp³-hybridized carbons (Fsp3) is 0.350. The minimum Gasteiger partial charge on any atom is -0.374 e. The molecule has 3 rings (SSSR count). The van der Waals surface area contributed by atoms with Crippen molar-refractivity contribution >= 4 is 34.1 Å². The van der Waals surface area contributed by atoms with Gasteiger partial charge in [0.15, 0.2) is 5.78 Å². The summed E-state index contributed by atoms with van der Waals surface area (Å²) in [5.41, 5.74) is 2.81. The number of anilines is 1. The Morgan fingerprint density at radius 2 is 2.00 bits per heavy atom. The van der Waals surface area contributed by atoms with E-state index in [-0.39, 0.29) is 5.92 Å². The van der Waals surface area contributed by atoms with Crippen LogP contribution in [0.1, 0.15) is 26.7 Å². The molecule has 9 heteroatoms. The van der Waals surface area contributed by atoms with E-state index in [1.54, 1.807) is 44.6 Å². The molecule has 2 N–H and O–H groups in total. The van der Waals surface area contributed by atoms with E-state index in [0.717, 1.165) is 16.5 Å².